The van der Waals surface area contributed by atoms with E-state index in [9.17, 15) is 4.79 Å². The van der Waals surface area contributed by atoms with Crippen LogP contribution in [-0.2, 0) is 6.54 Å². The quantitative estimate of drug-likeness (QED) is 0.690. The average Bonchev–Trinajstić information content (AvgIpc) is 2.43. The molecule has 0 amide bonds. The third-order valence-electron chi connectivity index (χ3n) is 3.42. The van der Waals surface area contributed by atoms with Crippen LogP contribution in [0.4, 0.5) is 5.69 Å². The van der Waals surface area contributed by atoms with Gasteiger partial charge in [-0.25, -0.2) is 4.68 Å². The molecule has 1 unspecified atom stereocenters. The average molecular weight is 314 g/mol. The zero-order valence-electron chi connectivity index (χ0n) is 13.7. The highest BCUT2D eigenvalue weighted by atomic mass is 35.5. The van der Waals surface area contributed by atoms with E-state index in [1.54, 1.807) is 6.20 Å². The summed E-state index contributed by atoms with van der Waals surface area (Å²) in [5, 5.41) is 7.74. The summed E-state index contributed by atoms with van der Waals surface area (Å²) in [4.78, 5) is 12.1. The highest BCUT2D eigenvalue weighted by Gasteiger charge is 2.12. The zero-order valence-corrected chi connectivity index (χ0v) is 14.4. The van der Waals surface area contributed by atoms with Gasteiger partial charge in [0.05, 0.1) is 11.9 Å². The smallest absolute Gasteiger partial charge is 0.287 e. The van der Waals surface area contributed by atoms with Crippen LogP contribution in [0.1, 0.15) is 59.8 Å². The van der Waals surface area contributed by atoms with Gasteiger partial charge in [-0.2, -0.15) is 5.10 Å². The lowest BCUT2D eigenvalue weighted by Crippen LogP contribution is -2.27. The van der Waals surface area contributed by atoms with Crippen molar-refractivity contribution in [2.75, 3.05) is 5.32 Å². The van der Waals surface area contributed by atoms with Crippen LogP contribution in [0, 0.1) is 5.92 Å². The molecule has 1 heterocycles. The molecule has 1 atom stereocenters. The molecule has 0 fully saturated rings. The lowest BCUT2D eigenvalue weighted by atomic mass is 10.1. The summed E-state index contributed by atoms with van der Waals surface area (Å²) in [5.74, 6) is 0.363. The fourth-order valence-electron chi connectivity index (χ4n) is 2.26. The Morgan fingerprint density at radius 2 is 2.00 bits per heavy atom. The molecule has 0 bridgehead atoms. The van der Waals surface area contributed by atoms with E-state index in [1.807, 2.05) is 13.8 Å². The lowest BCUT2D eigenvalue weighted by Gasteiger charge is -2.16. The van der Waals surface area contributed by atoms with Crippen molar-refractivity contribution < 1.29 is 0 Å². The van der Waals surface area contributed by atoms with Crippen LogP contribution >= 0.6 is 11.6 Å². The van der Waals surface area contributed by atoms with E-state index in [0.29, 0.717) is 24.2 Å². The van der Waals surface area contributed by atoms with Crippen LogP contribution < -0.4 is 10.9 Å². The highest BCUT2D eigenvalue weighted by Crippen LogP contribution is 2.18. The zero-order chi connectivity index (χ0) is 15.8. The van der Waals surface area contributed by atoms with E-state index < -0.39 is 0 Å². The highest BCUT2D eigenvalue weighted by molar-refractivity contribution is 6.32. The number of hydrogen-bond donors (Lipinski definition) is 1. The Kier molecular flexibility index (Phi) is 7.79. The molecule has 1 N–H and O–H groups in total. The normalized spacial score (nSPS) is 12.7. The molecule has 0 saturated carbocycles. The van der Waals surface area contributed by atoms with Gasteiger partial charge in [-0.15, -0.1) is 0 Å². The molecule has 0 aromatic carbocycles. The molecule has 0 aliphatic heterocycles. The number of nitrogens with zero attached hydrogens (tertiary/aromatic N) is 2. The topological polar surface area (TPSA) is 46.9 Å². The summed E-state index contributed by atoms with van der Waals surface area (Å²) < 4.78 is 1.43. The Balaban J connectivity index is 2.63. The number of halogens is 1. The summed E-state index contributed by atoms with van der Waals surface area (Å²) in [7, 11) is 0. The van der Waals surface area contributed by atoms with E-state index >= 15 is 0 Å². The van der Waals surface area contributed by atoms with E-state index in [-0.39, 0.29) is 10.6 Å². The summed E-state index contributed by atoms with van der Waals surface area (Å²) in [5.41, 5.74) is 0.429. The van der Waals surface area contributed by atoms with E-state index in [4.69, 9.17) is 11.6 Å². The minimum atomic E-state index is -0.214. The Bertz CT molecular complexity index is 485. The SMILES string of the molecule is CCCCCCC(C)Nc1cnn(CC(C)C)c(=O)c1Cl. The second-order valence-electron chi connectivity index (χ2n) is 6.15. The number of hydrogen-bond acceptors (Lipinski definition) is 3. The fourth-order valence-corrected chi connectivity index (χ4v) is 2.46. The molecule has 4 nitrogen and oxygen atoms in total. The minimum Gasteiger partial charge on any atom is -0.380 e. The van der Waals surface area contributed by atoms with Gasteiger partial charge < -0.3 is 5.32 Å². The number of anilines is 1. The van der Waals surface area contributed by atoms with Gasteiger partial charge in [0.15, 0.2) is 0 Å². The third kappa shape index (κ3) is 6.08. The van der Waals surface area contributed by atoms with Crippen LogP contribution in [0.15, 0.2) is 11.0 Å². The molecule has 120 valence electrons. The summed E-state index contributed by atoms with van der Waals surface area (Å²) >= 11 is 6.17. The van der Waals surface area contributed by atoms with Crippen molar-refractivity contribution in [2.24, 2.45) is 5.92 Å². The lowest BCUT2D eigenvalue weighted by molar-refractivity contribution is 0.464. The Morgan fingerprint density at radius 3 is 2.62 bits per heavy atom. The second kappa shape index (κ2) is 9.08. The van der Waals surface area contributed by atoms with Crippen molar-refractivity contribution >= 4 is 17.3 Å². The van der Waals surface area contributed by atoms with Crippen LogP contribution in [0.3, 0.4) is 0 Å². The Morgan fingerprint density at radius 1 is 1.29 bits per heavy atom. The Labute approximate surface area is 132 Å². The molecule has 0 radical (unpaired) electrons. The molecule has 1 rings (SSSR count). The number of rotatable bonds is 9. The first-order chi connectivity index (χ1) is 9.95. The van der Waals surface area contributed by atoms with Gasteiger partial charge in [0, 0.05) is 12.6 Å². The van der Waals surface area contributed by atoms with Crippen molar-refractivity contribution in [1.82, 2.24) is 9.78 Å². The van der Waals surface area contributed by atoms with Crippen LogP contribution in [0.2, 0.25) is 5.02 Å². The van der Waals surface area contributed by atoms with Gasteiger partial charge >= 0.3 is 0 Å². The van der Waals surface area contributed by atoms with Gasteiger partial charge in [-0.05, 0) is 19.3 Å². The first-order valence-electron chi connectivity index (χ1n) is 7.97. The largest absolute Gasteiger partial charge is 0.380 e. The molecule has 0 spiro atoms. The van der Waals surface area contributed by atoms with Gasteiger partial charge in [0.1, 0.15) is 5.02 Å². The van der Waals surface area contributed by atoms with Gasteiger partial charge in [0.2, 0.25) is 0 Å². The second-order valence-corrected chi connectivity index (χ2v) is 6.53. The van der Waals surface area contributed by atoms with Crippen LogP contribution in [0.5, 0.6) is 0 Å². The maximum atomic E-state index is 12.1. The van der Waals surface area contributed by atoms with E-state index in [1.165, 1.54) is 30.4 Å². The van der Waals surface area contributed by atoms with Crippen LogP contribution in [0.25, 0.3) is 0 Å². The molecule has 0 aliphatic carbocycles. The molecule has 5 heteroatoms. The first kappa shape index (κ1) is 18.0. The van der Waals surface area contributed by atoms with Crippen molar-refractivity contribution in [3.63, 3.8) is 0 Å². The van der Waals surface area contributed by atoms with Crippen LogP contribution in [-0.4, -0.2) is 15.8 Å². The Hall–Kier alpha value is -1.03. The van der Waals surface area contributed by atoms with E-state index in [2.05, 4.69) is 24.3 Å². The summed E-state index contributed by atoms with van der Waals surface area (Å²) in [6.07, 6.45) is 7.70. The molecule has 0 saturated heterocycles. The predicted octanol–water partition coefficient (Wildman–Crippen LogP) is 4.32. The monoisotopic (exact) mass is 313 g/mol. The van der Waals surface area contributed by atoms with Crippen molar-refractivity contribution in [3.8, 4) is 0 Å². The minimum absolute atomic E-state index is 0.214. The van der Waals surface area contributed by atoms with Crippen molar-refractivity contribution in [1.29, 1.82) is 0 Å². The molecule has 0 aliphatic rings. The number of unbranched alkanes of at least 4 members (excludes halogenated alkanes) is 3. The third-order valence-corrected chi connectivity index (χ3v) is 3.78. The van der Waals surface area contributed by atoms with Crippen molar-refractivity contribution in [2.45, 2.75) is 72.4 Å². The molecule has 1 aromatic heterocycles. The standard InChI is InChI=1S/C16H28ClN3O/c1-5-6-7-8-9-13(4)19-14-10-18-20(11-12(2)3)16(21)15(14)17/h10,12-13,19H,5-9,11H2,1-4H3. The van der Waals surface area contributed by atoms with E-state index in [0.717, 1.165) is 6.42 Å². The molecule has 1 aromatic rings. The molecule has 21 heavy (non-hydrogen) atoms. The first-order valence-corrected chi connectivity index (χ1v) is 8.35. The molecular formula is C16H28ClN3O. The fraction of sp³-hybridized carbons (Fsp3) is 0.750. The number of aromatic nitrogens is 2. The number of nitrogens with one attached hydrogen (secondary N) is 1. The van der Waals surface area contributed by atoms with Gasteiger partial charge in [-0.3, -0.25) is 4.79 Å². The summed E-state index contributed by atoms with van der Waals surface area (Å²) in [6, 6.07) is 0.293. The predicted molar refractivity (Wildman–Crippen MR) is 90.2 cm³/mol. The maximum absolute atomic E-state index is 12.1. The van der Waals surface area contributed by atoms with Crippen molar-refractivity contribution in [3.05, 3.63) is 21.6 Å². The van der Waals surface area contributed by atoms with Gasteiger partial charge in [-0.1, -0.05) is 58.1 Å². The summed E-state index contributed by atoms with van der Waals surface area (Å²) in [6.45, 7) is 9.01. The molecular weight excluding hydrogens is 286 g/mol. The van der Waals surface area contributed by atoms with Gasteiger partial charge in [0.25, 0.3) is 5.56 Å². The maximum Gasteiger partial charge on any atom is 0.287 e.